The van der Waals surface area contributed by atoms with Gasteiger partial charge in [-0.2, -0.15) is 5.26 Å². The van der Waals surface area contributed by atoms with Crippen LogP contribution in [-0.2, 0) is 0 Å². The molecule has 1 aromatic rings. The van der Waals surface area contributed by atoms with Gasteiger partial charge in [0.2, 0.25) is 0 Å². The van der Waals surface area contributed by atoms with Gasteiger partial charge in [-0.15, -0.1) is 0 Å². The number of rotatable bonds is 4. The lowest BCUT2D eigenvalue weighted by molar-refractivity contribution is 0.261. The molecule has 80 valence electrons. The predicted octanol–water partition coefficient (Wildman–Crippen LogP) is 1.81. The Kier molecular flexibility index (Phi) is 4.14. The molecule has 0 aliphatic carbocycles. The summed E-state index contributed by atoms with van der Waals surface area (Å²) in [5.74, 6) is 0.827. The van der Waals surface area contributed by atoms with E-state index in [1.165, 1.54) is 0 Å². The van der Waals surface area contributed by atoms with Crippen molar-refractivity contribution >= 4 is 0 Å². The van der Waals surface area contributed by atoms with Gasteiger partial charge in [0.25, 0.3) is 0 Å². The maximum atomic E-state index is 8.76. The fraction of sp³-hybridized carbons (Fsp3) is 0.417. The second-order valence-corrected chi connectivity index (χ2v) is 3.74. The van der Waals surface area contributed by atoms with Gasteiger partial charge in [-0.1, -0.05) is 0 Å². The smallest absolute Gasteiger partial charge is 0.119 e. The van der Waals surface area contributed by atoms with Crippen LogP contribution in [0.5, 0.6) is 5.75 Å². The Morgan fingerprint density at radius 2 is 2.13 bits per heavy atom. The van der Waals surface area contributed by atoms with E-state index in [1.54, 1.807) is 6.07 Å². The number of nitrogens with zero attached hydrogens (tertiary/aromatic N) is 2. The molecule has 15 heavy (non-hydrogen) atoms. The minimum atomic E-state index is 0.665. The maximum Gasteiger partial charge on any atom is 0.119 e. The molecule has 1 rings (SSSR count). The summed E-state index contributed by atoms with van der Waals surface area (Å²) in [6.07, 6.45) is 0. The molecule has 1 aromatic carbocycles. The average molecular weight is 204 g/mol. The Balaban J connectivity index is 2.57. The zero-order chi connectivity index (χ0) is 11.3. The molecule has 0 heterocycles. The molecule has 0 aromatic heterocycles. The summed E-state index contributed by atoms with van der Waals surface area (Å²) < 4.78 is 5.55. The Morgan fingerprint density at radius 1 is 1.40 bits per heavy atom. The number of likely N-dealkylation sites (N-methyl/N-ethyl adjacent to an activating group) is 1. The second kappa shape index (κ2) is 5.38. The highest BCUT2D eigenvalue weighted by molar-refractivity contribution is 5.41. The first kappa shape index (κ1) is 11.5. The van der Waals surface area contributed by atoms with Crippen molar-refractivity contribution in [2.75, 3.05) is 27.2 Å². The summed E-state index contributed by atoms with van der Waals surface area (Å²) >= 11 is 0. The molecular formula is C12H16N2O. The summed E-state index contributed by atoms with van der Waals surface area (Å²) in [6.45, 7) is 3.47. The number of benzene rings is 1. The van der Waals surface area contributed by atoms with Crippen molar-refractivity contribution in [3.63, 3.8) is 0 Å². The first-order valence-corrected chi connectivity index (χ1v) is 4.92. The molecule has 0 fully saturated rings. The number of hydrogen-bond donors (Lipinski definition) is 0. The van der Waals surface area contributed by atoms with Crippen LogP contribution in [0.2, 0.25) is 0 Å². The van der Waals surface area contributed by atoms with Crippen LogP contribution in [0, 0.1) is 18.3 Å². The van der Waals surface area contributed by atoms with Gasteiger partial charge in [0.05, 0.1) is 11.6 Å². The molecular weight excluding hydrogens is 188 g/mol. The zero-order valence-corrected chi connectivity index (χ0v) is 9.45. The number of nitriles is 1. The molecule has 0 spiro atoms. The fourth-order valence-corrected chi connectivity index (χ4v) is 1.20. The lowest BCUT2D eigenvalue weighted by Gasteiger charge is -2.11. The van der Waals surface area contributed by atoms with Gasteiger partial charge in [0.15, 0.2) is 0 Å². The SMILES string of the molecule is Cc1cc(OCCN(C)C)ccc1C#N. The van der Waals surface area contributed by atoms with Gasteiger partial charge >= 0.3 is 0 Å². The lowest BCUT2D eigenvalue weighted by Crippen LogP contribution is -2.19. The van der Waals surface area contributed by atoms with Crippen molar-refractivity contribution in [2.45, 2.75) is 6.92 Å². The third-order valence-electron chi connectivity index (χ3n) is 2.13. The molecule has 0 N–H and O–H groups in total. The Morgan fingerprint density at radius 3 is 2.67 bits per heavy atom. The maximum absolute atomic E-state index is 8.76. The second-order valence-electron chi connectivity index (χ2n) is 3.74. The number of aryl methyl sites for hydroxylation is 1. The monoisotopic (exact) mass is 204 g/mol. The summed E-state index contributed by atoms with van der Waals surface area (Å²) in [6, 6.07) is 7.66. The highest BCUT2D eigenvalue weighted by atomic mass is 16.5. The van der Waals surface area contributed by atoms with Crippen molar-refractivity contribution in [3.05, 3.63) is 29.3 Å². The predicted molar refractivity (Wildman–Crippen MR) is 59.9 cm³/mol. The van der Waals surface area contributed by atoms with E-state index in [0.29, 0.717) is 12.2 Å². The van der Waals surface area contributed by atoms with Crippen molar-refractivity contribution < 1.29 is 4.74 Å². The third kappa shape index (κ3) is 3.61. The van der Waals surface area contributed by atoms with E-state index < -0.39 is 0 Å². The highest BCUT2D eigenvalue weighted by Gasteiger charge is 1.99. The van der Waals surface area contributed by atoms with Crippen LogP contribution in [0.3, 0.4) is 0 Å². The Bertz CT molecular complexity index is 366. The van der Waals surface area contributed by atoms with Crippen molar-refractivity contribution in [2.24, 2.45) is 0 Å². The minimum Gasteiger partial charge on any atom is -0.492 e. The van der Waals surface area contributed by atoms with E-state index in [9.17, 15) is 0 Å². The summed E-state index contributed by atoms with van der Waals surface area (Å²) in [4.78, 5) is 2.07. The van der Waals surface area contributed by atoms with E-state index >= 15 is 0 Å². The third-order valence-corrected chi connectivity index (χ3v) is 2.13. The van der Waals surface area contributed by atoms with Crippen molar-refractivity contribution in [1.82, 2.24) is 4.90 Å². The Hall–Kier alpha value is -1.53. The van der Waals surface area contributed by atoms with E-state index in [0.717, 1.165) is 17.9 Å². The largest absolute Gasteiger partial charge is 0.492 e. The molecule has 0 aliphatic rings. The molecule has 0 bridgehead atoms. The molecule has 3 heteroatoms. The van der Waals surface area contributed by atoms with Gasteiger partial charge in [-0.05, 0) is 44.8 Å². The zero-order valence-electron chi connectivity index (χ0n) is 9.45. The number of hydrogen-bond acceptors (Lipinski definition) is 3. The Labute approximate surface area is 90.9 Å². The van der Waals surface area contributed by atoms with Gasteiger partial charge in [-0.3, -0.25) is 0 Å². The summed E-state index contributed by atoms with van der Waals surface area (Å²) in [5, 5.41) is 8.76. The fourth-order valence-electron chi connectivity index (χ4n) is 1.20. The van der Waals surface area contributed by atoms with Gasteiger partial charge < -0.3 is 9.64 Å². The topological polar surface area (TPSA) is 36.3 Å². The molecule has 0 radical (unpaired) electrons. The van der Waals surface area contributed by atoms with Gasteiger partial charge in [-0.25, -0.2) is 0 Å². The van der Waals surface area contributed by atoms with E-state index in [4.69, 9.17) is 10.00 Å². The van der Waals surface area contributed by atoms with Crippen LogP contribution < -0.4 is 4.74 Å². The minimum absolute atomic E-state index is 0.665. The normalized spacial score (nSPS) is 10.1. The first-order valence-electron chi connectivity index (χ1n) is 4.92. The van der Waals surface area contributed by atoms with Crippen LogP contribution in [0.25, 0.3) is 0 Å². The van der Waals surface area contributed by atoms with Crippen LogP contribution in [-0.4, -0.2) is 32.1 Å². The van der Waals surface area contributed by atoms with Crippen LogP contribution in [0.1, 0.15) is 11.1 Å². The van der Waals surface area contributed by atoms with E-state index in [-0.39, 0.29) is 0 Å². The summed E-state index contributed by atoms with van der Waals surface area (Å²) in [5.41, 5.74) is 1.66. The molecule has 0 saturated carbocycles. The van der Waals surface area contributed by atoms with Crippen LogP contribution in [0.4, 0.5) is 0 Å². The molecule has 0 amide bonds. The lowest BCUT2D eigenvalue weighted by atomic mass is 10.1. The van der Waals surface area contributed by atoms with E-state index in [2.05, 4.69) is 11.0 Å². The standard InChI is InChI=1S/C12H16N2O/c1-10-8-12(5-4-11(10)9-13)15-7-6-14(2)3/h4-5,8H,6-7H2,1-3H3. The first-order chi connectivity index (χ1) is 7.13. The molecule has 0 saturated heterocycles. The summed E-state index contributed by atoms with van der Waals surface area (Å²) in [7, 11) is 4.01. The molecule has 3 nitrogen and oxygen atoms in total. The van der Waals surface area contributed by atoms with Crippen LogP contribution >= 0.6 is 0 Å². The molecule has 0 aliphatic heterocycles. The number of ether oxygens (including phenoxy) is 1. The van der Waals surface area contributed by atoms with Crippen molar-refractivity contribution in [3.8, 4) is 11.8 Å². The quantitative estimate of drug-likeness (QED) is 0.750. The average Bonchev–Trinajstić information content (AvgIpc) is 2.17. The highest BCUT2D eigenvalue weighted by Crippen LogP contribution is 2.16. The van der Waals surface area contributed by atoms with Crippen LogP contribution in [0.15, 0.2) is 18.2 Å². The van der Waals surface area contributed by atoms with Crippen molar-refractivity contribution in [1.29, 1.82) is 5.26 Å². The molecule has 0 unspecified atom stereocenters. The van der Waals surface area contributed by atoms with E-state index in [1.807, 2.05) is 33.2 Å². The van der Waals surface area contributed by atoms with Gasteiger partial charge in [0.1, 0.15) is 12.4 Å². The molecule has 0 atom stereocenters. The van der Waals surface area contributed by atoms with Gasteiger partial charge in [0, 0.05) is 6.54 Å².